The highest BCUT2D eigenvalue weighted by Crippen LogP contribution is 2.35. The Kier molecular flexibility index (Phi) is 8.96. The number of methoxy groups -OCH3 is 1. The van der Waals surface area contributed by atoms with Crippen molar-refractivity contribution in [3.8, 4) is 5.75 Å². The third-order valence-electron chi connectivity index (χ3n) is 5.05. The van der Waals surface area contributed by atoms with E-state index in [1.54, 1.807) is 0 Å². The predicted octanol–water partition coefficient (Wildman–Crippen LogP) is 3.67. The van der Waals surface area contributed by atoms with Crippen molar-refractivity contribution in [2.24, 2.45) is 11.8 Å². The van der Waals surface area contributed by atoms with Gasteiger partial charge in [-0.3, -0.25) is 0 Å². The van der Waals surface area contributed by atoms with E-state index in [9.17, 15) is 20.1 Å². The third-order valence-corrected chi connectivity index (χ3v) is 5.05. The van der Waals surface area contributed by atoms with Gasteiger partial charge in [-0.05, 0) is 55.7 Å². The number of para-hydroxylation sites is 1. The van der Waals surface area contributed by atoms with Gasteiger partial charge in [0.05, 0.1) is 13.7 Å². The lowest BCUT2D eigenvalue weighted by Gasteiger charge is -2.17. The molecule has 0 bridgehead atoms. The monoisotopic (exact) mass is 402 g/mol. The van der Waals surface area contributed by atoms with Crippen molar-refractivity contribution in [1.82, 2.24) is 0 Å². The Bertz CT molecular complexity index is 720. The number of aliphatic hydroxyl groups is 3. The van der Waals surface area contributed by atoms with Gasteiger partial charge in [-0.1, -0.05) is 48.9 Å². The minimum Gasteiger partial charge on any atom is -0.506 e. The van der Waals surface area contributed by atoms with Crippen molar-refractivity contribution < 1.29 is 29.6 Å². The Morgan fingerprint density at radius 1 is 1.21 bits per heavy atom. The van der Waals surface area contributed by atoms with Crippen LogP contribution in [0.5, 0.6) is 5.75 Å². The first-order valence-corrected chi connectivity index (χ1v) is 9.89. The van der Waals surface area contributed by atoms with Crippen LogP contribution in [-0.2, 0) is 9.53 Å². The van der Waals surface area contributed by atoms with Crippen LogP contribution in [0.1, 0.15) is 32.1 Å². The second kappa shape index (κ2) is 11.4. The highest BCUT2D eigenvalue weighted by molar-refractivity contribution is 5.80. The minimum absolute atomic E-state index is 0.499. The lowest BCUT2D eigenvalue weighted by atomic mass is 9.92. The first-order valence-electron chi connectivity index (χ1n) is 9.89. The number of ether oxygens (including phenoxy) is 2. The summed E-state index contributed by atoms with van der Waals surface area (Å²) >= 11 is 0. The molecule has 1 saturated carbocycles. The van der Waals surface area contributed by atoms with Crippen molar-refractivity contribution in [2.75, 3.05) is 13.7 Å². The van der Waals surface area contributed by atoms with Gasteiger partial charge in [0.2, 0.25) is 0 Å². The number of carbonyl (C=O) groups is 1. The number of esters is 1. The van der Waals surface area contributed by atoms with E-state index in [1.165, 1.54) is 12.5 Å². The fraction of sp³-hybridized carbons (Fsp3) is 0.435. The summed E-state index contributed by atoms with van der Waals surface area (Å²) in [5.41, 5.74) is 0. The van der Waals surface area contributed by atoms with Crippen molar-refractivity contribution in [1.29, 1.82) is 0 Å². The first kappa shape index (κ1) is 22.7. The molecule has 2 atom stereocenters. The summed E-state index contributed by atoms with van der Waals surface area (Å²) in [6, 6.07) is 9.75. The molecule has 158 valence electrons. The van der Waals surface area contributed by atoms with Gasteiger partial charge in [0, 0.05) is 0 Å². The van der Waals surface area contributed by atoms with Gasteiger partial charge < -0.3 is 24.8 Å². The Morgan fingerprint density at radius 3 is 2.69 bits per heavy atom. The van der Waals surface area contributed by atoms with E-state index in [1.807, 2.05) is 36.4 Å². The number of rotatable bonds is 10. The average molecular weight is 402 g/mol. The smallest absolute Gasteiger partial charge is 0.374 e. The molecule has 1 fully saturated rings. The van der Waals surface area contributed by atoms with Crippen LogP contribution >= 0.6 is 0 Å². The lowest BCUT2D eigenvalue weighted by molar-refractivity contribution is -0.201. The second-order valence-electron chi connectivity index (χ2n) is 7.11. The minimum atomic E-state index is -3.03. The van der Waals surface area contributed by atoms with Crippen LogP contribution < -0.4 is 4.74 Å². The Hall–Kier alpha value is -2.57. The highest BCUT2D eigenvalue weighted by atomic mass is 16.6. The maximum atomic E-state index is 11.2. The summed E-state index contributed by atoms with van der Waals surface area (Å²) < 4.78 is 9.92. The molecule has 1 aliphatic rings. The second-order valence-corrected chi connectivity index (χ2v) is 7.11. The summed E-state index contributed by atoms with van der Waals surface area (Å²) in [5, 5.41) is 28.7. The molecular weight excluding hydrogens is 372 g/mol. The van der Waals surface area contributed by atoms with Crippen LogP contribution in [0.4, 0.5) is 0 Å². The molecule has 0 spiro atoms. The van der Waals surface area contributed by atoms with E-state index in [-0.39, 0.29) is 0 Å². The van der Waals surface area contributed by atoms with Crippen molar-refractivity contribution in [2.45, 2.75) is 37.9 Å². The quantitative estimate of drug-likeness (QED) is 0.138. The molecular formula is C23H30O6. The summed E-state index contributed by atoms with van der Waals surface area (Å²) in [7, 11) is 1.01. The molecule has 0 heterocycles. The van der Waals surface area contributed by atoms with E-state index < -0.39 is 17.5 Å². The summed E-state index contributed by atoms with van der Waals surface area (Å²) in [4.78, 5) is 11.2. The number of allylic oxidation sites excluding steroid dienone is 4. The fourth-order valence-electron chi connectivity index (χ4n) is 3.42. The molecule has 29 heavy (non-hydrogen) atoms. The molecule has 2 rings (SSSR count). The topological polar surface area (TPSA) is 96.2 Å². The van der Waals surface area contributed by atoms with Gasteiger partial charge in [0.15, 0.2) is 5.76 Å². The molecule has 0 aromatic heterocycles. The average Bonchev–Trinajstić information content (AvgIpc) is 3.18. The number of hydrogen-bond donors (Lipinski definition) is 3. The van der Waals surface area contributed by atoms with Gasteiger partial charge >= 0.3 is 11.8 Å². The Labute approximate surface area is 171 Å². The first-order chi connectivity index (χ1) is 13.9. The van der Waals surface area contributed by atoms with Crippen LogP contribution in [0.15, 0.2) is 66.5 Å². The SMILES string of the molecule is COC(=O)C(O)(O)/C(O)=C\C=C/C[C@H]1CCC[C@@H]1/C=C/CCOc1ccccc1. The zero-order valence-electron chi connectivity index (χ0n) is 16.7. The largest absolute Gasteiger partial charge is 0.506 e. The lowest BCUT2D eigenvalue weighted by Crippen LogP contribution is -2.41. The van der Waals surface area contributed by atoms with E-state index >= 15 is 0 Å². The van der Waals surface area contributed by atoms with Crippen LogP contribution in [0.2, 0.25) is 0 Å². The van der Waals surface area contributed by atoms with Crippen LogP contribution in [0.3, 0.4) is 0 Å². The molecule has 1 aromatic carbocycles. The van der Waals surface area contributed by atoms with Gasteiger partial charge in [0.25, 0.3) is 0 Å². The number of carbonyl (C=O) groups excluding carboxylic acids is 1. The van der Waals surface area contributed by atoms with Crippen LogP contribution in [-0.4, -0.2) is 40.8 Å². The molecule has 0 unspecified atom stereocenters. The molecule has 1 aromatic rings. The van der Waals surface area contributed by atoms with Crippen LogP contribution in [0.25, 0.3) is 0 Å². The zero-order valence-corrected chi connectivity index (χ0v) is 16.7. The van der Waals surface area contributed by atoms with Crippen molar-refractivity contribution in [3.63, 3.8) is 0 Å². The van der Waals surface area contributed by atoms with E-state index in [2.05, 4.69) is 16.9 Å². The number of aliphatic hydroxyl groups excluding tert-OH is 1. The molecule has 3 N–H and O–H groups in total. The number of benzene rings is 1. The van der Waals surface area contributed by atoms with Gasteiger partial charge in [-0.2, -0.15) is 0 Å². The fourth-order valence-corrected chi connectivity index (χ4v) is 3.42. The predicted molar refractivity (Wildman–Crippen MR) is 110 cm³/mol. The molecule has 0 amide bonds. The zero-order chi connectivity index (χ0) is 21.1. The van der Waals surface area contributed by atoms with Crippen LogP contribution in [0, 0.1) is 11.8 Å². The van der Waals surface area contributed by atoms with E-state index in [0.29, 0.717) is 18.4 Å². The summed E-state index contributed by atoms with van der Waals surface area (Å²) in [6.07, 6.45) is 14.0. The maximum absolute atomic E-state index is 11.2. The molecule has 0 saturated heterocycles. The maximum Gasteiger partial charge on any atom is 0.374 e. The van der Waals surface area contributed by atoms with E-state index in [0.717, 1.165) is 44.6 Å². The van der Waals surface area contributed by atoms with Crippen molar-refractivity contribution >= 4 is 5.97 Å². The normalized spacial score (nSPS) is 20.4. The van der Waals surface area contributed by atoms with Gasteiger partial charge in [-0.25, -0.2) is 4.79 Å². The van der Waals surface area contributed by atoms with Crippen molar-refractivity contribution in [3.05, 3.63) is 66.5 Å². The molecule has 0 radical (unpaired) electrons. The van der Waals surface area contributed by atoms with E-state index in [4.69, 9.17) is 4.74 Å². The summed E-state index contributed by atoms with van der Waals surface area (Å²) in [6.45, 7) is 0.645. The van der Waals surface area contributed by atoms with Gasteiger partial charge in [-0.15, -0.1) is 0 Å². The standard InChI is InChI=1S/C23H30O6/c1-28-22(25)23(26,27)21(24)16-6-5-10-18-12-9-13-19(18)11-7-8-17-29-20-14-3-2-4-15-20/h2-7,11,14-16,18-19,24,26-27H,8-10,12-13,17H2,1H3/b6-5-,11-7+,21-16+/t18-,19-/m0/s1. The molecule has 0 aliphatic heterocycles. The molecule has 6 nitrogen and oxygen atoms in total. The highest BCUT2D eigenvalue weighted by Gasteiger charge is 2.39. The Morgan fingerprint density at radius 2 is 1.97 bits per heavy atom. The van der Waals surface area contributed by atoms with Gasteiger partial charge in [0.1, 0.15) is 5.75 Å². The molecule has 6 heteroatoms. The number of hydrogen-bond acceptors (Lipinski definition) is 6. The summed E-state index contributed by atoms with van der Waals surface area (Å²) in [5.74, 6) is -3.36. The Balaban J connectivity index is 1.76. The molecule has 1 aliphatic carbocycles. The third kappa shape index (κ3) is 7.07.